The molecule has 0 bridgehead atoms. The van der Waals surface area contributed by atoms with Gasteiger partial charge in [-0.2, -0.15) is 0 Å². The minimum Gasteiger partial charge on any atom is -0.494 e. The van der Waals surface area contributed by atoms with Gasteiger partial charge >= 0.3 is 11.9 Å². The average molecular weight is 575 g/mol. The third-order valence-corrected chi connectivity index (χ3v) is 6.44. The number of hydrogen-bond acceptors (Lipinski definition) is 7. The molecule has 3 aromatic carbocycles. The monoisotopic (exact) mass is 574 g/mol. The molecule has 0 aliphatic carbocycles. The number of unbranched alkanes of at least 4 members (excludes halogenated alkanes) is 5. The third kappa shape index (κ3) is 11.7. The Hall–Kier alpha value is -4.26. The second-order valence-corrected chi connectivity index (χ2v) is 9.91. The molecule has 0 aliphatic rings. The zero-order valence-electron chi connectivity index (χ0n) is 24.7. The zero-order valence-corrected chi connectivity index (χ0v) is 24.7. The summed E-state index contributed by atoms with van der Waals surface area (Å²) in [5.74, 6) is 1.37. The van der Waals surface area contributed by atoms with Crippen molar-refractivity contribution in [1.82, 2.24) is 0 Å². The van der Waals surface area contributed by atoms with Crippen molar-refractivity contribution in [2.24, 2.45) is 0 Å². The van der Waals surface area contributed by atoms with E-state index in [1.165, 1.54) is 19.3 Å². The first-order valence-electron chi connectivity index (χ1n) is 14.8. The topological polar surface area (TPSA) is 80.3 Å². The number of carbonyl (C=O) groups excluding carboxylic acids is 2. The minimum absolute atomic E-state index is 0.363. The molecular weight excluding hydrogens is 532 g/mol. The van der Waals surface area contributed by atoms with Gasteiger partial charge in [0.15, 0.2) is 0 Å². The fraction of sp³-hybridized carbons (Fsp3) is 0.371. The Bertz CT molecular complexity index is 1220. The molecule has 7 heteroatoms. The molecule has 42 heavy (non-hydrogen) atoms. The smallest absolute Gasteiger partial charge is 0.343 e. The first kappa shape index (κ1) is 32.3. The standard InChI is InChI=1S/C35H42O7/c1-4-7-9-11-25-38-29-17-13-27(14-18-29)26-39-30-21-23-32(24-22-30)41-35(37)28-15-19-31(20-16-28)40-34(12-10-8-5-2)42-33(36)6-3/h6,13-24,34H,3-5,7-12,25-26H2,1-2H3. The van der Waals surface area contributed by atoms with Gasteiger partial charge in [-0.3, -0.25) is 0 Å². The van der Waals surface area contributed by atoms with E-state index in [1.807, 2.05) is 24.3 Å². The number of carbonyl (C=O) groups is 2. The van der Waals surface area contributed by atoms with Gasteiger partial charge in [-0.1, -0.05) is 64.7 Å². The van der Waals surface area contributed by atoms with Gasteiger partial charge in [-0.25, -0.2) is 9.59 Å². The van der Waals surface area contributed by atoms with Crippen LogP contribution in [0.25, 0.3) is 0 Å². The van der Waals surface area contributed by atoms with Gasteiger partial charge in [-0.05, 0) is 79.1 Å². The van der Waals surface area contributed by atoms with E-state index >= 15 is 0 Å². The van der Waals surface area contributed by atoms with Crippen molar-refractivity contribution in [3.05, 3.63) is 96.6 Å². The van der Waals surface area contributed by atoms with Crippen molar-refractivity contribution in [3.8, 4) is 23.0 Å². The van der Waals surface area contributed by atoms with Crippen molar-refractivity contribution in [1.29, 1.82) is 0 Å². The predicted octanol–water partition coefficient (Wildman–Crippen LogP) is 8.46. The van der Waals surface area contributed by atoms with Gasteiger partial charge < -0.3 is 23.7 Å². The summed E-state index contributed by atoms with van der Waals surface area (Å²) in [5, 5.41) is 0. The number of benzene rings is 3. The third-order valence-electron chi connectivity index (χ3n) is 6.44. The van der Waals surface area contributed by atoms with E-state index in [1.54, 1.807) is 48.5 Å². The Balaban J connectivity index is 1.45. The van der Waals surface area contributed by atoms with Gasteiger partial charge in [-0.15, -0.1) is 0 Å². The molecule has 224 valence electrons. The fourth-order valence-corrected chi connectivity index (χ4v) is 4.04. The molecule has 0 spiro atoms. The molecular formula is C35H42O7. The summed E-state index contributed by atoms with van der Waals surface area (Å²) in [7, 11) is 0. The van der Waals surface area contributed by atoms with Crippen LogP contribution in [0.2, 0.25) is 0 Å². The first-order valence-corrected chi connectivity index (χ1v) is 14.8. The summed E-state index contributed by atoms with van der Waals surface area (Å²) in [6.45, 7) is 8.88. The molecule has 3 rings (SSSR count). The van der Waals surface area contributed by atoms with Crippen LogP contribution in [-0.2, 0) is 16.1 Å². The number of rotatable bonds is 19. The quantitative estimate of drug-likeness (QED) is 0.0467. The van der Waals surface area contributed by atoms with Gasteiger partial charge in [0.05, 0.1) is 12.2 Å². The van der Waals surface area contributed by atoms with Crippen LogP contribution in [0.15, 0.2) is 85.5 Å². The van der Waals surface area contributed by atoms with Crippen LogP contribution in [0.3, 0.4) is 0 Å². The van der Waals surface area contributed by atoms with E-state index < -0.39 is 18.2 Å². The molecule has 1 unspecified atom stereocenters. The first-order chi connectivity index (χ1) is 20.5. The Kier molecular flexibility index (Phi) is 14.0. The van der Waals surface area contributed by atoms with Crippen molar-refractivity contribution >= 4 is 11.9 Å². The summed E-state index contributed by atoms with van der Waals surface area (Å²) < 4.78 is 28.3. The molecule has 0 amide bonds. The lowest BCUT2D eigenvalue weighted by atomic mass is 10.2. The van der Waals surface area contributed by atoms with Gasteiger partial charge in [0.1, 0.15) is 29.6 Å². The summed E-state index contributed by atoms with van der Waals surface area (Å²) in [4.78, 5) is 24.3. The Morgan fingerprint density at radius 1 is 0.714 bits per heavy atom. The van der Waals surface area contributed by atoms with E-state index in [-0.39, 0.29) is 0 Å². The molecule has 0 radical (unpaired) electrons. The molecule has 1 atom stereocenters. The lowest BCUT2D eigenvalue weighted by Gasteiger charge is -2.18. The molecule has 0 saturated carbocycles. The highest BCUT2D eigenvalue weighted by Gasteiger charge is 2.15. The maximum Gasteiger partial charge on any atom is 0.343 e. The zero-order chi connectivity index (χ0) is 30.0. The molecule has 0 saturated heterocycles. The van der Waals surface area contributed by atoms with Gasteiger partial charge in [0.25, 0.3) is 0 Å². The van der Waals surface area contributed by atoms with Crippen LogP contribution in [0.1, 0.15) is 81.1 Å². The van der Waals surface area contributed by atoms with Crippen molar-refractivity contribution in [3.63, 3.8) is 0 Å². The SMILES string of the molecule is C=CC(=O)OC(CCCCC)Oc1ccc(C(=O)Oc2ccc(OCc3ccc(OCCCCCC)cc3)cc2)cc1. The second kappa shape index (κ2) is 18.2. The van der Waals surface area contributed by atoms with E-state index in [0.29, 0.717) is 35.8 Å². The molecule has 7 nitrogen and oxygen atoms in total. The molecule has 0 fully saturated rings. The number of ether oxygens (including phenoxy) is 5. The largest absolute Gasteiger partial charge is 0.494 e. The Labute approximate surface area is 249 Å². The van der Waals surface area contributed by atoms with Crippen LogP contribution in [0.4, 0.5) is 0 Å². The number of hydrogen-bond donors (Lipinski definition) is 0. The van der Waals surface area contributed by atoms with Gasteiger partial charge in [0, 0.05) is 12.5 Å². The molecule has 0 heterocycles. The highest BCUT2D eigenvalue weighted by Crippen LogP contribution is 2.22. The molecule has 0 aliphatic heterocycles. The van der Waals surface area contributed by atoms with Crippen LogP contribution in [0.5, 0.6) is 23.0 Å². The molecule has 3 aromatic rings. The van der Waals surface area contributed by atoms with Gasteiger partial charge in [0.2, 0.25) is 6.29 Å². The highest BCUT2D eigenvalue weighted by molar-refractivity contribution is 5.91. The second-order valence-electron chi connectivity index (χ2n) is 9.91. The maximum absolute atomic E-state index is 12.7. The van der Waals surface area contributed by atoms with E-state index in [2.05, 4.69) is 20.4 Å². The van der Waals surface area contributed by atoms with Crippen LogP contribution < -0.4 is 18.9 Å². The van der Waals surface area contributed by atoms with Crippen molar-refractivity contribution in [2.75, 3.05) is 6.61 Å². The Morgan fingerprint density at radius 2 is 1.31 bits per heavy atom. The van der Waals surface area contributed by atoms with Crippen molar-refractivity contribution < 1.29 is 33.3 Å². The summed E-state index contributed by atoms with van der Waals surface area (Å²) in [6.07, 6.45) is 8.59. The summed E-state index contributed by atoms with van der Waals surface area (Å²) in [5.41, 5.74) is 1.39. The molecule has 0 aromatic heterocycles. The van der Waals surface area contributed by atoms with Crippen LogP contribution >= 0.6 is 0 Å². The van der Waals surface area contributed by atoms with E-state index in [4.69, 9.17) is 23.7 Å². The Morgan fingerprint density at radius 3 is 1.98 bits per heavy atom. The summed E-state index contributed by atoms with van der Waals surface area (Å²) >= 11 is 0. The van der Waals surface area contributed by atoms with Crippen LogP contribution in [0, 0.1) is 0 Å². The van der Waals surface area contributed by atoms with E-state index in [0.717, 1.165) is 49.7 Å². The molecule has 0 N–H and O–H groups in total. The fourth-order valence-electron chi connectivity index (χ4n) is 4.04. The lowest BCUT2D eigenvalue weighted by Crippen LogP contribution is -2.23. The maximum atomic E-state index is 12.7. The highest BCUT2D eigenvalue weighted by atomic mass is 16.7. The minimum atomic E-state index is -0.723. The lowest BCUT2D eigenvalue weighted by molar-refractivity contribution is -0.158. The predicted molar refractivity (Wildman–Crippen MR) is 163 cm³/mol. The van der Waals surface area contributed by atoms with E-state index in [9.17, 15) is 9.59 Å². The van der Waals surface area contributed by atoms with Crippen LogP contribution in [-0.4, -0.2) is 24.8 Å². The normalized spacial score (nSPS) is 11.3. The van der Waals surface area contributed by atoms with Crippen molar-refractivity contribution in [2.45, 2.75) is 78.1 Å². The number of esters is 2. The average Bonchev–Trinajstić information content (AvgIpc) is 3.01. The summed E-state index contributed by atoms with van der Waals surface area (Å²) in [6, 6.07) is 21.3.